The standard InChI is InChI=1S/C12H16N2O/c1-3-4-9(2)12-7-10-5-6-11(15)8-14(10)13-12/h5-9,15H,3-4H2,1-2H3/t9-/m0/s1. The highest BCUT2D eigenvalue weighted by atomic mass is 16.3. The van der Waals surface area contributed by atoms with E-state index in [0.717, 1.165) is 17.6 Å². The number of aromatic nitrogens is 2. The second-order valence-electron chi connectivity index (χ2n) is 4.02. The first kappa shape index (κ1) is 10.0. The van der Waals surface area contributed by atoms with E-state index in [-0.39, 0.29) is 5.75 Å². The van der Waals surface area contributed by atoms with Gasteiger partial charge < -0.3 is 5.11 Å². The van der Waals surface area contributed by atoms with Gasteiger partial charge in [-0.05, 0) is 24.6 Å². The van der Waals surface area contributed by atoms with Crippen LogP contribution in [0.1, 0.15) is 38.3 Å². The Morgan fingerprint density at radius 3 is 3.00 bits per heavy atom. The van der Waals surface area contributed by atoms with Gasteiger partial charge >= 0.3 is 0 Å². The zero-order valence-electron chi connectivity index (χ0n) is 9.14. The molecule has 0 saturated carbocycles. The van der Waals surface area contributed by atoms with Gasteiger partial charge in [0.2, 0.25) is 0 Å². The van der Waals surface area contributed by atoms with E-state index in [0.29, 0.717) is 5.92 Å². The van der Waals surface area contributed by atoms with Crippen molar-refractivity contribution in [2.24, 2.45) is 0 Å². The van der Waals surface area contributed by atoms with Crippen molar-refractivity contribution in [3.05, 3.63) is 30.1 Å². The Hall–Kier alpha value is -1.51. The fourth-order valence-corrected chi connectivity index (χ4v) is 1.82. The number of pyridine rings is 1. The van der Waals surface area contributed by atoms with E-state index < -0.39 is 0 Å². The molecule has 80 valence electrons. The minimum Gasteiger partial charge on any atom is -0.506 e. The van der Waals surface area contributed by atoms with E-state index in [2.05, 4.69) is 25.0 Å². The van der Waals surface area contributed by atoms with Crippen molar-refractivity contribution in [1.29, 1.82) is 0 Å². The topological polar surface area (TPSA) is 37.5 Å². The van der Waals surface area contributed by atoms with Crippen molar-refractivity contribution in [2.45, 2.75) is 32.6 Å². The van der Waals surface area contributed by atoms with Crippen LogP contribution in [0, 0.1) is 0 Å². The van der Waals surface area contributed by atoms with Gasteiger partial charge in [-0.3, -0.25) is 0 Å². The lowest BCUT2D eigenvalue weighted by atomic mass is 10.0. The van der Waals surface area contributed by atoms with E-state index in [1.165, 1.54) is 6.42 Å². The molecular weight excluding hydrogens is 188 g/mol. The molecule has 1 N–H and O–H groups in total. The molecule has 0 spiro atoms. The van der Waals surface area contributed by atoms with Crippen LogP contribution in [-0.2, 0) is 0 Å². The van der Waals surface area contributed by atoms with Gasteiger partial charge in [0.05, 0.1) is 17.4 Å². The molecule has 2 heterocycles. The smallest absolute Gasteiger partial charge is 0.133 e. The van der Waals surface area contributed by atoms with Crippen LogP contribution < -0.4 is 0 Å². The molecule has 0 radical (unpaired) electrons. The molecule has 0 amide bonds. The molecule has 0 aliphatic heterocycles. The van der Waals surface area contributed by atoms with Crippen LogP contribution in [0.2, 0.25) is 0 Å². The average Bonchev–Trinajstić information content (AvgIpc) is 2.60. The van der Waals surface area contributed by atoms with Crippen molar-refractivity contribution in [1.82, 2.24) is 9.61 Å². The Bertz CT molecular complexity index is 462. The summed E-state index contributed by atoms with van der Waals surface area (Å²) >= 11 is 0. The minimum atomic E-state index is 0.250. The Kier molecular flexibility index (Phi) is 2.62. The van der Waals surface area contributed by atoms with Gasteiger partial charge in [-0.1, -0.05) is 20.3 Å². The largest absolute Gasteiger partial charge is 0.506 e. The number of fused-ring (bicyclic) bond motifs is 1. The molecule has 0 aliphatic carbocycles. The molecule has 0 fully saturated rings. The summed E-state index contributed by atoms with van der Waals surface area (Å²) in [5, 5.41) is 13.8. The second kappa shape index (κ2) is 3.93. The van der Waals surface area contributed by atoms with Crippen LogP contribution in [0.15, 0.2) is 24.4 Å². The fraction of sp³-hybridized carbons (Fsp3) is 0.417. The van der Waals surface area contributed by atoms with Crippen molar-refractivity contribution in [3.8, 4) is 5.75 Å². The molecule has 2 rings (SSSR count). The van der Waals surface area contributed by atoms with E-state index in [1.807, 2.05) is 6.07 Å². The Balaban J connectivity index is 2.38. The van der Waals surface area contributed by atoms with Crippen LogP contribution in [0.5, 0.6) is 5.75 Å². The summed E-state index contributed by atoms with van der Waals surface area (Å²) in [7, 11) is 0. The molecule has 0 bridgehead atoms. The van der Waals surface area contributed by atoms with Gasteiger partial charge in [0.15, 0.2) is 0 Å². The van der Waals surface area contributed by atoms with Crippen molar-refractivity contribution in [3.63, 3.8) is 0 Å². The van der Waals surface area contributed by atoms with Crippen molar-refractivity contribution in [2.75, 3.05) is 0 Å². The maximum Gasteiger partial charge on any atom is 0.133 e. The van der Waals surface area contributed by atoms with Gasteiger partial charge in [0.25, 0.3) is 0 Å². The highest BCUT2D eigenvalue weighted by molar-refractivity contribution is 5.49. The Labute approximate surface area is 89.4 Å². The fourth-order valence-electron chi connectivity index (χ4n) is 1.82. The average molecular weight is 204 g/mol. The zero-order valence-corrected chi connectivity index (χ0v) is 9.14. The van der Waals surface area contributed by atoms with Gasteiger partial charge in [0, 0.05) is 5.92 Å². The molecule has 15 heavy (non-hydrogen) atoms. The first-order valence-corrected chi connectivity index (χ1v) is 5.39. The quantitative estimate of drug-likeness (QED) is 0.834. The number of hydrogen-bond donors (Lipinski definition) is 1. The summed E-state index contributed by atoms with van der Waals surface area (Å²) in [6.07, 6.45) is 3.95. The van der Waals surface area contributed by atoms with Crippen molar-refractivity contribution < 1.29 is 5.11 Å². The molecule has 2 aromatic rings. The molecular formula is C12H16N2O. The van der Waals surface area contributed by atoms with E-state index in [9.17, 15) is 5.11 Å². The molecule has 0 saturated heterocycles. The maximum atomic E-state index is 9.32. The lowest BCUT2D eigenvalue weighted by Gasteiger charge is -2.04. The van der Waals surface area contributed by atoms with E-state index in [1.54, 1.807) is 16.8 Å². The molecule has 0 unspecified atom stereocenters. The van der Waals surface area contributed by atoms with E-state index in [4.69, 9.17) is 0 Å². The van der Waals surface area contributed by atoms with Crippen molar-refractivity contribution >= 4 is 5.52 Å². The molecule has 2 aromatic heterocycles. The summed E-state index contributed by atoms with van der Waals surface area (Å²) in [5.74, 6) is 0.734. The highest BCUT2D eigenvalue weighted by Crippen LogP contribution is 2.21. The highest BCUT2D eigenvalue weighted by Gasteiger charge is 2.09. The maximum absolute atomic E-state index is 9.32. The molecule has 0 aromatic carbocycles. The van der Waals surface area contributed by atoms with Gasteiger partial charge in [-0.15, -0.1) is 0 Å². The third-order valence-corrected chi connectivity index (χ3v) is 2.69. The number of nitrogens with zero attached hydrogens (tertiary/aromatic N) is 2. The summed E-state index contributed by atoms with van der Waals surface area (Å²) in [6.45, 7) is 4.36. The van der Waals surface area contributed by atoms with Gasteiger partial charge in [0.1, 0.15) is 5.75 Å². The van der Waals surface area contributed by atoms with Crippen LogP contribution in [0.3, 0.4) is 0 Å². The minimum absolute atomic E-state index is 0.250. The third-order valence-electron chi connectivity index (χ3n) is 2.69. The lowest BCUT2D eigenvalue weighted by molar-refractivity contribution is 0.470. The van der Waals surface area contributed by atoms with Crippen LogP contribution in [0.25, 0.3) is 5.52 Å². The van der Waals surface area contributed by atoms with Gasteiger partial charge in [-0.2, -0.15) is 5.10 Å². The first-order chi connectivity index (χ1) is 7.20. The SMILES string of the molecule is CCC[C@H](C)c1cc2ccc(O)cn2n1. The second-order valence-corrected chi connectivity index (χ2v) is 4.02. The van der Waals surface area contributed by atoms with Crippen LogP contribution >= 0.6 is 0 Å². The summed E-state index contributed by atoms with van der Waals surface area (Å²) in [6, 6.07) is 5.65. The van der Waals surface area contributed by atoms with Gasteiger partial charge in [-0.25, -0.2) is 4.52 Å². The first-order valence-electron chi connectivity index (χ1n) is 5.39. The molecule has 1 atom stereocenters. The Morgan fingerprint density at radius 1 is 1.47 bits per heavy atom. The normalized spacial score (nSPS) is 13.2. The molecule has 3 nitrogen and oxygen atoms in total. The molecule has 0 aliphatic rings. The summed E-state index contributed by atoms with van der Waals surface area (Å²) < 4.78 is 1.73. The van der Waals surface area contributed by atoms with Crippen LogP contribution in [0.4, 0.5) is 0 Å². The lowest BCUT2D eigenvalue weighted by Crippen LogP contribution is -1.94. The number of hydrogen-bond acceptors (Lipinski definition) is 2. The predicted octanol–water partition coefficient (Wildman–Crippen LogP) is 2.94. The summed E-state index contributed by atoms with van der Waals surface area (Å²) in [4.78, 5) is 0. The Morgan fingerprint density at radius 2 is 2.27 bits per heavy atom. The van der Waals surface area contributed by atoms with E-state index >= 15 is 0 Å². The predicted molar refractivity (Wildman–Crippen MR) is 60.2 cm³/mol. The monoisotopic (exact) mass is 204 g/mol. The molecule has 3 heteroatoms. The summed E-state index contributed by atoms with van der Waals surface area (Å²) in [5.41, 5.74) is 2.13. The number of aromatic hydroxyl groups is 1. The third kappa shape index (κ3) is 1.96. The van der Waals surface area contributed by atoms with Crippen LogP contribution in [-0.4, -0.2) is 14.7 Å². The zero-order chi connectivity index (χ0) is 10.8. The number of rotatable bonds is 3.